The molecule has 0 spiro atoms. The molecule has 0 aliphatic carbocycles. The summed E-state index contributed by atoms with van der Waals surface area (Å²) in [6.07, 6.45) is -1.43. The van der Waals surface area contributed by atoms with E-state index in [4.69, 9.17) is 15.3 Å². The van der Waals surface area contributed by atoms with Crippen molar-refractivity contribution < 1.29 is 44.0 Å². The third-order valence-electron chi connectivity index (χ3n) is 1.80. The fraction of sp³-hybridized carbons (Fsp3) is 0.182. The summed E-state index contributed by atoms with van der Waals surface area (Å²) in [7, 11) is 0. The largest absolute Gasteiger partial charge is 0.478 e. The number of esters is 2. The molecule has 9 nitrogen and oxygen atoms in total. The van der Waals surface area contributed by atoms with Gasteiger partial charge in [-0.05, 0) is 0 Å². The first-order valence-electron chi connectivity index (χ1n) is 4.94. The van der Waals surface area contributed by atoms with Crippen molar-refractivity contribution in [3.05, 3.63) is 23.8 Å². The van der Waals surface area contributed by atoms with Gasteiger partial charge in [0, 0.05) is 11.6 Å². The van der Waals surface area contributed by atoms with Crippen LogP contribution in [0.25, 0.3) is 0 Å². The first-order chi connectivity index (χ1) is 9.13. The van der Waals surface area contributed by atoms with Gasteiger partial charge in [0.05, 0.1) is 18.4 Å². The van der Waals surface area contributed by atoms with Crippen LogP contribution in [0.5, 0.6) is 0 Å². The lowest BCUT2D eigenvalue weighted by atomic mass is 10.2. The molecule has 0 rings (SSSR count). The van der Waals surface area contributed by atoms with Gasteiger partial charge in [0.1, 0.15) is 0 Å². The smallest absolute Gasteiger partial charge is 0.332 e. The summed E-state index contributed by atoms with van der Waals surface area (Å²) in [6, 6.07) is 0. The molecule has 9 heteroatoms. The van der Waals surface area contributed by atoms with Crippen molar-refractivity contribution in [3.8, 4) is 0 Å². The molecular weight excluding hydrogens is 276 g/mol. The van der Waals surface area contributed by atoms with Gasteiger partial charge in [-0.3, -0.25) is 9.59 Å². The highest BCUT2D eigenvalue weighted by molar-refractivity contribution is 6.00. The Labute approximate surface area is 111 Å². The van der Waals surface area contributed by atoms with Crippen LogP contribution in [-0.2, 0) is 28.7 Å². The van der Waals surface area contributed by atoms with Crippen LogP contribution in [0.15, 0.2) is 23.8 Å². The highest BCUT2D eigenvalue weighted by atomic mass is 16.6. The van der Waals surface area contributed by atoms with Crippen molar-refractivity contribution in [1.29, 1.82) is 0 Å². The monoisotopic (exact) mass is 286 g/mol. The minimum atomic E-state index is -1.66. The fourth-order valence-corrected chi connectivity index (χ4v) is 0.942. The van der Waals surface area contributed by atoms with Gasteiger partial charge < -0.3 is 20.1 Å². The maximum Gasteiger partial charge on any atom is 0.332 e. The Balaban J connectivity index is 4.59. The number of carbonyl (C=O) groups excluding carboxylic acids is 2. The van der Waals surface area contributed by atoms with E-state index in [1.165, 1.54) is 0 Å². The summed E-state index contributed by atoms with van der Waals surface area (Å²) in [4.78, 5) is 53.5. The minimum Gasteiger partial charge on any atom is -0.478 e. The Hall–Kier alpha value is -2.97. The van der Waals surface area contributed by atoms with Gasteiger partial charge in [0.25, 0.3) is 0 Å². The van der Waals surface area contributed by atoms with Crippen molar-refractivity contribution in [2.75, 3.05) is 0 Å². The quantitative estimate of drug-likeness (QED) is 0.321. The highest BCUT2D eigenvalue weighted by Gasteiger charge is 2.19. The van der Waals surface area contributed by atoms with Crippen molar-refractivity contribution in [2.24, 2.45) is 0 Å². The van der Waals surface area contributed by atoms with Crippen LogP contribution < -0.4 is 0 Å². The molecule has 0 aliphatic heterocycles. The number of carboxylic acids is 3. The van der Waals surface area contributed by atoms with Gasteiger partial charge in [-0.2, -0.15) is 0 Å². The van der Waals surface area contributed by atoms with E-state index >= 15 is 0 Å². The molecule has 0 unspecified atom stereocenters. The lowest BCUT2D eigenvalue weighted by Crippen LogP contribution is -2.17. The molecule has 20 heavy (non-hydrogen) atoms. The van der Waals surface area contributed by atoms with Crippen molar-refractivity contribution in [2.45, 2.75) is 12.8 Å². The Kier molecular flexibility index (Phi) is 6.35. The Morgan fingerprint density at radius 2 is 1.40 bits per heavy atom. The molecular formula is C11H10O9. The molecule has 0 bridgehead atoms. The van der Waals surface area contributed by atoms with E-state index < -0.39 is 53.8 Å². The molecule has 3 N–H and O–H groups in total. The lowest BCUT2D eigenvalue weighted by molar-refractivity contribution is -0.159. The Morgan fingerprint density at radius 1 is 0.900 bits per heavy atom. The average Bonchev–Trinajstić information content (AvgIpc) is 2.26. The molecule has 0 saturated heterocycles. The molecule has 0 atom stereocenters. The lowest BCUT2D eigenvalue weighted by Gasteiger charge is -2.03. The second-order valence-electron chi connectivity index (χ2n) is 3.42. The van der Waals surface area contributed by atoms with E-state index in [9.17, 15) is 24.0 Å². The molecule has 0 saturated carbocycles. The Bertz CT molecular complexity index is 512. The number of hydrogen-bond donors (Lipinski definition) is 3. The zero-order valence-corrected chi connectivity index (χ0v) is 9.99. The summed E-state index contributed by atoms with van der Waals surface area (Å²) < 4.78 is 4.13. The fourth-order valence-electron chi connectivity index (χ4n) is 0.942. The molecule has 0 aromatic heterocycles. The summed E-state index contributed by atoms with van der Waals surface area (Å²) in [5.74, 6) is -7.25. The molecule has 108 valence electrons. The van der Waals surface area contributed by atoms with Gasteiger partial charge in [-0.25, -0.2) is 14.4 Å². The van der Waals surface area contributed by atoms with Gasteiger partial charge in [0.15, 0.2) is 0 Å². The van der Waals surface area contributed by atoms with Crippen LogP contribution >= 0.6 is 0 Å². The van der Waals surface area contributed by atoms with Crippen LogP contribution in [0, 0.1) is 0 Å². The Morgan fingerprint density at radius 3 is 1.80 bits per heavy atom. The van der Waals surface area contributed by atoms with E-state index in [-0.39, 0.29) is 6.08 Å². The van der Waals surface area contributed by atoms with Gasteiger partial charge in [0.2, 0.25) is 0 Å². The van der Waals surface area contributed by atoms with Crippen LogP contribution in [-0.4, -0.2) is 45.2 Å². The van der Waals surface area contributed by atoms with E-state index in [0.717, 1.165) is 0 Å². The highest BCUT2D eigenvalue weighted by Crippen LogP contribution is 2.06. The predicted octanol–water partition coefficient (Wildman–Crippen LogP) is -0.427. The number of carboxylic acid groups (broad SMARTS) is 3. The second kappa shape index (κ2) is 7.46. The molecule has 0 fully saturated rings. The minimum absolute atomic E-state index is 0.282. The van der Waals surface area contributed by atoms with E-state index in [1.807, 2.05) is 0 Å². The summed E-state index contributed by atoms with van der Waals surface area (Å²) in [5.41, 5.74) is -1.30. The zero-order valence-electron chi connectivity index (χ0n) is 9.99. The molecule has 0 aliphatic rings. The number of carbonyl (C=O) groups is 5. The predicted molar refractivity (Wildman–Crippen MR) is 60.5 cm³/mol. The normalized spacial score (nSPS) is 10.5. The zero-order chi connectivity index (χ0) is 15.9. The molecule has 0 amide bonds. The third kappa shape index (κ3) is 6.69. The molecule has 0 aromatic rings. The average molecular weight is 286 g/mol. The first-order valence-corrected chi connectivity index (χ1v) is 4.94. The first kappa shape index (κ1) is 17.0. The molecule has 0 radical (unpaired) electrons. The van der Waals surface area contributed by atoms with Gasteiger partial charge in [-0.15, -0.1) is 0 Å². The maximum atomic E-state index is 11.2. The summed E-state index contributed by atoms with van der Waals surface area (Å²) in [6.45, 7) is 3.04. The van der Waals surface area contributed by atoms with Crippen molar-refractivity contribution in [1.82, 2.24) is 0 Å². The van der Waals surface area contributed by atoms with Crippen molar-refractivity contribution in [3.63, 3.8) is 0 Å². The summed E-state index contributed by atoms with van der Waals surface area (Å²) in [5, 5.41) is 25.4. The van der Waals surface area contributed by atoms with Crippen molar-refractivity contribution >= 4 is 29.8 Å². The van der Waals surface area contributed by atoms with Crippen LogP contribution in [0.3, 0.4) is 0 Å². The van der Waals surface area contributed by atoms with Crippen LogP contribution in [0.2, 0.25) is 0 Å². The topological polar surface area (TPSA) is 155 Å². The van der Waals surface area contributed by atoms with Crippen LogP contribution in [0.4, 0.5) is 0 Å². The number of ether oxygens (including phenoxy) is 1. The summed E-state index contributed by atoms with van der Waals surface area (Å²) >= 11 is 0. The van der Waals surface area contributed by atoms with E-state index in [1.54, 1.807) is 0 Å². The SMILES string of the molecule is C=C(CC(=O)OC(=O)CC(=CC(=O)O)C(=O)O)C(=O)O. The van der Waals surface area contributed by atoms with E-state index in [2.05, 4.69) is 11.3 Å². The number of rotatable bonds is 7. The van der Waals surface area contributed by atoms with E-state index in [0.29, 0.717) is 0 Å². The number of aliphatic carboxylic acids is 3. The third-order valence-corrected chi connectivity index (χ3v) is 1.80. The number of hydrogen-bond acceptors (Lipinski definition) is 6. The molecule has 0 aromatic carbocycles. The standard InChI is InChI=1S/C11H10O9/c1-5(10(16)17)2-8(14)20-9(15)4-6(11(18)19)3-7(12)13/h3H,1-2,4H2,(H,12,13)(H,16,17)(H,18,19). The van der Waals surface area contributed by atoms with Gasteiger partial charge >= 0.3 is 29.8 Å². The second-order valence-corrected chi connectivity index (χ2v) is 3.42. The van der Waals surface area contributed by atoms with Gasteiger partial charge in [-0.1, -0.05) is 6.58 Å². The molecule has 0 heterocycles. The van der Waals surface area contributed by atoms with Crippen LogP contribution in [0.1, 0.15) is 12.8 Å². The maximum absolute atomic E-state index is 11.2.